The molecule has 2 heterocycles. The molecule has 0 N–H and O–H groups in total. The summed E-state index contributed by atoms with van der Waals surface area (Å²) in [5.74, 6) is -3.48. The predicted molar refractivity (Wildman–Crippen MR) is 140 cm³/mol. The first-order chi connectivity index (χ1) is 18.1. The molecule has 2 aliphatic rings. The Balaban J connectivity index is 1.48. The van der Waals surface area contributed by atoms with Crippen molar-refractivity contribution >= 4 is 26.8 Å². The second-order valence-electron chi connectivity index (χ2n) is 10.2. The van der Waals surface area contributed by atoms with E-state index in [1.807, 2.05) is 24.3 Å². The highest BCUT2D eigenvalue weighted by atomic mass is 32.2. The Bertz CT molecular complexity index is 1450. The first kappa shape index (κ1) is 26.7. The molecule has 5 rings (SSSR count). The van der Waals surface area contributed by atoms with Gasteiger partial charge in [0.2, 0.25) is 11.8 Å². The molecule has 6 nitrogen and oxygen atoms in total. The number of rotatable bonds is 6. The third-order valence-electron chi connectivity index (χ3n) is 7.79. The summed E-state index contributed by atoms with van der Waals surface area (Å²) >= 11 is 0. The number of hydrogen-bond acceptors (Lipinski definition) is 4. The molecule has 1 aliphatic carbocycles. The van der Waals surface area contributed by atoms with Crippen molar-refractivity contribution in [3.05, 3.63) is 65.7 Å². The molecular weight excluding hydrogens is 515 g/mol. The first-order valence-electron chi connectivity index (χ1n) is 12.9. The molecule has 204 valence electrons. The van der Waals surface area contributed by atoms with Crippen LogP contribution in [0.2, 0.25) is 0 Å². The quantitative estimate of drug-likeness (QED) is 0.363. The number of carbonyl (C=O) groups is 1. The Hall–Kier alpha value is -2.85. The Labute approximate surface area is 221 Å². The van der Waals surface area contributed by atoms with Gasteiger partial charge in [0.1, 0.15) is 27.4 Å². The number of halogens is 3. The van der Waals surface area contributed by atoms with Gasteiger partial charge in [0.25, 0.3) is 0 Å². The fourth-order valence-electron chi connectivity index (χ4n) is 5.58. The summed E-state index contributed by atoms with van der Waals surface area (Å²) in [6, 6.07) is 10.8. The third kappa shape index (κ3) is 5.08. The van der Waals surface area contributed by atoms with Crippen LogP contribution in [0.25, 0.3) is 11.0 Å². The van der Waals surface area contributed by atoms with Gasteiger partial charge in [0, 0.05) is 44.4 Å². The number of alkyl halides is 2. The van der Waals surface area contributed by atoms with E-state index in [0.717, 1.165) is 10.9 Å². The van der Waals surface area contributed by atoms with Gasteiger partial charge in [0.05, 0.1) is 11.2 Å². The maximum Gasteiger partial charge on any atom is 0.248 e. The van der Waals surface area contributed by atoms with E-state index in [4.69, 9.17) is 4.42 Å². The van der Waals surface area contributed by atoms with E-state index < -0.39 is 27.7 Å². The summed E-state index contributed by atoms with van der Waals surface area (Å²) in [7, 11) is -1.84. The number of fused-ring (bicyclic) bond motifs is 1. The summed E-state index contributed by atoms with van der Waals surface area (Å²) in [4.78, 5) is 16.1. The number of furan rings is 1. The lowest BCUT2D eigenvalue weighted by molar-refractivity contribution is -0.141. The smallest absolute Gasteiger partial charge is 0.248 e. The van der Waals surface area contributed by atoms with Crippen LogP contribution < -0.4 is 0 Å². The highest BCUT2D eigenvalue weighted by molar-refractivity contribution is 7.91. The zero-order valence-electron chi connectivity index (χ0n) is 21.5. The lowest BCUT2D eigenvalue weighted by atomic mass is 9.90. The molecule has 2 atom stereocenters. The van der Waals surface area contributed by atoms with Gasteiger partial charge in [-0.2, -0.15) is 0 Å². The van der Waals surface area contributed by atoms with Crippen molar-refractivity contribution in [1.82, 2.24) is 9.21 Å². The summed E-state index contributed by atoms with van der Waals surface area (Å²) in [6.07, 6.45) is 2.47. The molecular formula is C28H32F3N3O3S. The summed E-state index contributed by atoms with van der Waals surface area (Å²) in [5, 5.41) is 0.931. The molecule has 10 heteroatoms. The Morgan fingerprint density at radius 1 is 1.16 bits per heavy atom. The maximum atomic E-state index is 14.4. The summed E-state index contributed by atoms with van der Waals surface area (Å²) in [6.45, 7) is 2.20. The predicted octanol–water partition coefficient (Wildman–Crippen LogP) is 6.32. The van der Waals surface area contributed by atoms with E-state index in [9.17, 15) is 22.2 Å². The third-order valence-corrected chi connectivity index (χ3v) is 10.2. The Kier molecular flexibility index (Phi) is 7.30. The zero-order chi connectivity index (χ0) is 27.1. The van der Waals surface area contributed by atoms with Crippen LogP contribution in [0.5, 0.6) is 0 Å². The van der Waals surface area contributed by atoms with Gasteiger partial charge >= 0.3 is 0 Å². The second-order valence-corrected chi connectivity index (χ2v) is 12.5. The van der Waals surface area contributed by atoms with Crippen LogP contribution in [0.15, 0.2) is 62.4 Å². The van der Waals surface area contributed by atoms with Gasteiger partial charge in [-0.1, -0.05) is 18.2 Å². The number of carbonyl (C=O) groups excluding carboxylic acids is 1. The number of hydrogen-bond donors (Lipinski definition) is 0. The van der Waals surface area contributed by atoms with Crippen molar-refractivity contribution in [1.29, 1.82) is 0 Å². The van der Waals surface area contributed by atoms with Gasteiger partial charge in [-0.3, -0.25) is 4.79 Å². The fraction of sp³-hybridized carbons (Fsp3) is 0.464. The molecule has 0 radical (unpaired) electrons. The van der Waals surface area contributed by atoms with Crippen molar-refractivity contribution < 1.29 is 26.6 Å². The first-order valence-corrected chi connectivity index (χ1v) is 14.4. The second kappa shape index (κ2) is 10.4. The number of aryl methyl sites for hydroxylation is 1. The minimum atomic E-state index is -3.26. The standard InChI is InChI=1S/C28H32F3N3O3S/c1-19-5-8-23(17-24(19)29)38(36,32-2)34-14-3-4-25(34)27(35)33(22-9-12-28(30,31)13-10-22)18-20-6-7-21-11-15-37-26(21)16-20/h5-8,11,15-17,22,25H,3-4,9-10,12-14,18H2,1-2H3/t25-,38?/m0/s1. The van der Waals surface area contributed by atoms with Gasteiger partial charge in [0.15, 0.2) is 0 Å². The van der Waals surface area contributed by atoms with Gasteiger partial charge in [-0.15, -0.1) is 0 Å². The van der Waals surface area contributed by atoms with Crippen LogP contribution >= 0.6 is 0 Å². The molecule has 1 unspecified atom stereocenters. The van der Waals surface area contributed by atoms with Crippen molar-refractivity contribution in [2.45, 2.75) is 74.9 Å². The molecule has 3 aromatic rings. The van der Waals surface area contributed by atoms with E-state index >= 15 is 0 Å². The fourth-order valence-corrected chi connectivity index (χ4v) is 7.69. The van der Waals surface area contributed by atoms with E-state index in [1.54, 1.807) is 34.5 Å². The largest absolute Gasteiger partial charge is 0.464 e. The van der Waals surface area contributed by atoms with Gasteiger partial charge < -0.3 is 9.32 Å². The van der Waals surface area contributed by atoms with Crippen LogP contribution in [0.4, 0.5) is 13.2 Å². The molecule has 1 aliphatic heterocycles. The molecule has 1 aromatic heterocycles. The monoisotopic (exact) mass is 547 g/mol. The molecule has 1 amide bonds. The normalized spacial score (nSPS) is 21.9. The van der Waals surface area contributed by atoms with Crippen LogP contribution in [0.1, 0.15) is 49.7 Å². The van der Waals surface area contributed by atoms with E-state index in [1.165, 1.54) is 13.1 Å². The molecule has 0 bridgehead atoms. The average Bonchev–Trinajstić information content (AvgIpc) is 3.58. The average molecular weight is 548 g/mol. The van der Waals surface area contributed by atoms with Crippen molar-refractivity contribution in [2.75, 3.05) is 13.6 Å². The molecule has 1 saturated heterocycles. The van der Waals surface area contributed by atoms with Crippen LogP contribution in [0, 0.1) is 12.7 Å². The van der Waals surface area contributed by atoms with Crippen LogP contribution in [-0.4, -0.2) is 50.9 Å². The van der Waals surface area contributed by atoms with Crippen molar-refractivity contribution in [3.8, 4) is 0 Å². The van der Waals surface area contributed by atoms with Crippen molar-refractivity contribution in [2.24, 2.45) is 4.36 Å². The maximum absolute atomic E-state index is 14.4. The number of amides is 1. The minimum Gasteiger partial charge on any atom is -0.464 e. The highest BCUT2D eigenvalue weighted by Gasteiger charge is 2.44. The van der Waals surface area contributed by atoms with Crippen molar-refractivity contribution in [3.63, 3.8) is 0 Å². The molecule has 1 saturated carbocycles. The van der Waals surface area contributed by atoms with E-state index in [0.29, 0.717) is 30.5 Å². The highest BCUT2D eigenvalue weighted by Crippen LogP contribution is 2.37. The van der Waals surface area contributed by atoms with Gasteiger partial charge in [-0.05, 0) is 68.0 Å². The topological polar surface area (TPSA) is 66.1 Å². The van der Waals surface area contributed by atoms with E-state index in [-0.39, 0.29) is 49.1 Å². The van der Waals surface area contributed by atoms with Crippen LogP contribution in [-0.2, 0) is 21.3 Å². The lowest BCUT2D eigenvalue weighted by Gasteiger charge is -2.39. The van der Waals surface area contributed by atoms with Crippen LogP contribution in [0.3, 0.4) is 0 Å². The zero-order valence-corrected chi connectivity index (χ0v) is 22.4. The SMILES string of the molecule is CN=S(=O)(c1ccc(C)c(F)c1)N1CCC[C@H]1C(=O)N(Cc1ccc2ccoc2c1)C1CCC(F)(F)CC1. The molecule has 2 fully saturated rings. The summed E-state index contributed by atoms with van der Waals surface area (Å²) < 4.78 is 68.0. The van der Waals surface area contributed by atoms with Gasteiger partial charge in [-0.25, -0.2) is 26.0 Å². The Morgan fingerprint density at radius 2 is 1.92 bits per heavy atom. The lowest BCUT2D eigenvalue weighted by Crippen LogP contribution is -2.52. The summed E-state index contributed by atoms with van der Waals surface area (Å²) in [5.41, 5.74) is 1.93. The molecule has 0 spiro atoms. The molecule has 38 heavy (non-hydrogen) atoms. The molecule has 2 aromatic carbocycles. The number of benzene rings is 2. The minimum absolute atomic E-state index is 0.186. The number of nitrogens with zero attached hydrogens (tertiary/aromatic N) is 3. The van der Waals surface area contributed by atoms with E-state index in [2.05, 4.69) is 4.36 Å². The Morgan fingerprint density at radius 3 is 2.63 bits per heavy atom.